The summed E-state index contributed by atoms with van der Waals surface area (Å²) in [5.74, 6) is 0.601. The number of hydrogen-bond donors (Lipinski definition) is 1. The molecule has 1 N–H and O–H groups in total. The molecule has 1 aromatic heterocycles. The van der Waals surface area contributed by atoms with Gasteiger partial charge in [-0.3, -0.25) is 4.79 Å². The van der Waals surface area contributed by atoms with E-state index in [1.54, 1.807) is 6.07 Å². The van der Waals surface area contributed by atoms with Crippen molar-refractivity contribution in [1.29, 1.82) is 0 Å². The molecule has 1 aliphatic rings. The van der Waals surface area contributed by atoms with Gasteiger partial charge in [0.05, 0.1) is 0 Å². The molecule has 0 bridgehead atoms. The number of carbonyl (C=O) groups is 1. The highest BCUT2D eigenvalue weighted by Gasteiger charge is 2.23. The summed E-state index contributed by atoms with van der Waals surface area (Å²) >= 11 is 0. The lowest BCUT2D eigenvalue weighted by Crippen LogP contribution is -2.49. The average molecular weight is 373 g/mol. The Kier molecular flexibility index (Phi) is 5.47. The van der Waals surface area contributed by atoms with Gasteiger partial charge in [-0.2, -0.15) is 0 Å². The molecule has 1 saturated heterocycles. The molecule has 2 aromatic carbocycles. The molecule has 0 atom stereocenters. The highest BCUT2D eigenvalue weighted by Crippen LogP contribution is 2.16. The third kappa shape index (κ3) is 4.28. The predicted octanol–water partition coefficient (Wildman–Crippen LogP) is 3.05. The van der Waals surface area contributed by atoms with Crippen LogP contribution < -0.4 is 10.2 Å². The number of amides is 1. The zero-order chi connectivity index (χ0) is 19.2. The third-order valence-corrected chi connectivity index (χ3v) is 4.89. The van der Waals surface area contributed by atoms with Crippen LogP contribution in [-0.2, 0) is 6.54 Å². The van der Waals surface area contributed by atoms with E-state index < -0.39 is 0 Å². The molecule has 142 valence electrons. The molecule has 1 amide bonds. The first-order valence-corrected chi connectivity index (χ1v) is 9.50. The minimum atomic E-state index is -0.0604. The molecule has 28 heavy (non-hydrogen) atoms. The summed E-state index contributed by atoms with van der Waals surface area (Å²) in [4.78, 5) is 16.9. The van der Waals surface area contributed by atoms with Gasteiger partial charge in [-0.15, -0.1) is 10.2 Å². The van der Waals surface area contributed by atoms with Crippen LogP contribution in [0.15, 0.2) is 72.8 Å². The molecule has 0 aliphatic carbocycles. The molecule has 0 saturated carbocycles. The van der Waals surface area contributed by atoms with Gasteiger partial charge in [0.1, 0.15) is 5.82 Å². The Bertz CT molecular complexity index is 891. The fourth-order valence-corrected chi connectivity index (χ4v) is 3.30. The summed E-state index contributed by atoms with van der Waals surface area (Å²) in [6, 6.07) is 23.9. The average Bonchev–Trinajstić information content (AvgIpc) is 2.79. The monoisotopic (exact) mass is 373 g/mol. The summed E-state index contributed by atoms with van der Waals surface area (Å²) in [5.41, 5.74) is 2.75. The van der Waals surface area contributed by atoms with Crippen molar-refractivity contribution in [2.75, 3.05) is 36.4 Å². The van der Waals surface area contributed by atoms with Gasteiger partial charge in [-0.25, -0.2) is 0 Å². The fraction of sp³-hybridized carbons (Fsp3) is 0.227. The van der Waals surface area contributed by atoms with Gasteiger partial charge < -0.3 is 15.1 Å². The molecule has 6 heteroatoms. The van der Waals surface area contributed by atoms with Gasteiger partial charge in [0, 0.05) is 38.4 Å². The molecule has 1 aliphatic heterocycles. The van der Waals surface area contributed by atoms with Crippen molar-refractivity contribution in [1.82, 2.24) is 15.1 Å². The Morgan fingerprint density at radius 2 is 1.50 bits per heavy atom. The zero-order valence-corrected chi connectivity index (χ0v) is 15.7. The molecule has 0 spiro atoms. The lowest BCUT2D eigenvalue weighted by Gasteiger charge is -2.35. The standard InChI is InChI=1S/C22H23N5O/c28-22(27-15-13-26(14-16-27)19-9-5-2-6-10-19)20-11-12-21(25-24-20)23-17-18-7-3-1-4-8-18/h1-12H,13-17H2,(H,23,25). The molecule has 0 radical (unpaired) electrons. The summed E-state index contributed by atoms with van der Waals surface area (Å²) in [6.45, 7) is 3.68. The summed E-state index contributed by atoms with van der Waals surface area (Å²) < 4.78 is 0. The van der Waals surface area contributed by atoms with E-state index in [-0.39, 0.29) is 5.91 Å². The smallest absolute Gasteiger partial charge is 0.274 e. The lowest BCUT2D eigenvalue weighted by molar-refractivity contribution is 0.0739. The Morgan fingerprint density at radius 3 is 2.14 bits per heavy atom. The lowest BCUT2D eigenvalue weighted by atomic mass is 10.2. The number of nitrogens with zero attached hydrogens (tertiary/aromatic N) is 4. The van der Waals surface area contributed by atoms with E-state index in [2.05, 4.69) is 32.5 Å². The van der Waals surface area contributed by atoms with Crippen molar-refractivity contribution in [3.63, 3.8) is 0 Å². The second-order valence-corrected chi connectivity index (χ2v) is 6.76. The normalized spacial score (nSPS) is 14.0. The van der Waals surface area contributed by atoms with Gasteiger partial charge >= 0.3 is 0 Å². The van der Waals surface area contributed by atoms with Crippen LogP contribution in [0.1, 0.15) is 16.1 Å². The molecule has 2 heterocycles. The minimum absolute atomic E-state index is 0.0604. The van der Waals surface area contributed by atoms with Crippen molar-refractivity contribution in [3.8, 4) is 0 Å². The number of nitrogens with one attached hydrogen (secondary N) is 1. The maximum Gasteiger partial charge on any atom is 0.274 e. The molecular weight excluding hydrogens is 350 g/mol. The number of rotatable bonds is 5. The summed E-state index contributed by atoms with van der Waals surface area (Å²) in [5, 5.41) is 11.5. The van der Waals surface area contributed by atoms with Gasteiger partial charge in [-0.05, 0) is 29.8 Å². The van der Waals surface area contributed by atoms with E-state index in [0.29, 0.717) is 31.1 Å². The van der Waals surface area contributed by atoms with Crippen LogP contribution >= 0.6 is 0 Å². The maximum absolute atomic E-state index is 12.7. The van der Waals surface area contributed by atoms with Crippen LogP contribution in [0.2, 0.25) is 0 Å². The number of para-hydroxylation sites is 1. The molecule has 1 fully saturated rings. The Balaban J connectivity index is 1.31. The number of piperazine rings is 1. The summed E-state index contributed by atoms with van der Waals surface area (Å²) in [6.07, 6.45) is 0. The minimum Gasteiger partial charge on any atom is -0.368 e. The SMILES string of the molecule is O=C(c1ccc(NCc2ccccc2)nn1)N1CCN(c2ccccc2)CC1. The summed E-state index contributed by atoms with van der Waals surface area (Å²) in [7, 11) is 0. The zero-order valence-electron chi connectivity index (χ0n) is 15.7. The highest BCUT2D eigenvalue weighted by molar-refractivity contribution is 5.92. The molecule has 4 rings (SSSR count). The van der Waals surface area contributed by atoms with Crippen molar-refractivity contribution < 1.29 is 4.79 Å². The van der Waals surface area contributed by atoms with Crippen LogP contribution in [0.3, 0.4) is 0 Å². The van der Waals surface area contributed by atoms with E-state index in [1.165, 1.54) is 11.3 Å². The predicted molar refractivity (Wildman–Crippen MR) is 110 cm³/mol. The van der Waals surface area contributed by atoms with Crippen molar-refractivity contribution >= 4 is 17.4 Å². The van der Waals surface area contributed by atoms with Gasteiger partial charge in [0.2, 0.25) is 0 Å². The van der Waals surface area contributed by atoms with Crippen LogP contribution in [0.25, 0.3) is 0 Å². The van der Waals surface area contributed by atoms with Crippen molar-refractivity contribution in [3.05, 3.63) is 84.1 Å². The number of aromatic nitrogens is 2. The fourth-order valence-electron chi connectivity index (χ4n) is 3.30. The number of anilines is 2. The first-order chi connectivity index (χ1) is 13.8. The third-order valence-electron chi connectivity index (χ3n) is 4.89. The Morgan fingerprint density at radius 1 is 0.821 bits per heavy atom. The van der Waals surface area contributed by atoms with Crippen LogP contribution in [-0.4, -0.2) is 47.2 Å². The van der Waals surface area contributed by atoms with Gasteiger partial charge in [0.15, 0.2) is 5.69 Å². The number of carbonyl (C=O) groups excluding carboxylic acids is 1. The van der Waals surface area contributed by atoms with E-state index in [1.807, 2.05) is 59.5 Å². The number of benzene rings is 2. The molecule has 3 aromatic rings. The molecule has 0 unspecified atom stereocenters. The van der Waals surface area contributed by atoms with E-state index >= 15 is 0 Å². The van der Waals surface area contributed by atoms with Crippen LogP contribution in [0, 0.1) is 0 Å². The van der Waals surface area contributed by atoms with Gasteiger partial charge in [0.25, 0.3) is 5.91 Å². The second kappa shape index (κ2) is 8.52. The first kappa shape index (κ1) is 18.0. The second-order valence-electron chi connectivity index (χ2n) is 6.76. The highest BCUT2D eigenvalue weighted by atomic mass is 16.2. The topological polar surface area (TPSA) is 61.4 Å². The van der Waals surface area contributed by atoms with Gasteiger partial charge in [-0.1, -0.05) is 48.5 Å². The van der Waals surface area contributed by atoms with E-state index in [4.69, 9.17) is 0 Å². The first-order valence-electron chi connectivity index (χ1n) is 9.50. The van der Waals surface area contributed by atoms with Crippen LogP contribution in [0.4, 0.5) is 11.5 Å². The number of hydrogen-bond acceptors (Lipinski definition) is 5. The van der Waals surface area contributed by atoms with Crippen LogP contribution in [0.5, 0.6) is 0 Å². The van der Waals surface area contributed by atoms with Crippen molar-refractivity contribution in [2.45, 2.75) is 6.54 Å². The van der Waals surface area contributed by atoms with E-state index in [0.717, 1.165) is 13.1 Å². The quantitative estimate of drug-likeness (QED) is 0.745. The van der Waals surface area contributed by atoms with E-state index in [9.17, 15) is 4.79 Å². The molecule has 6 nitrogen and oxygen atoms in total. The Labute approximate surface area is 164 Å². The van der Waals surface area contributed by atoms with Crippen molar-refractivity contribution in [2.24, 2.45) is 0 Å². The maximum atomic E-state index is 12.7. The molecular formula is C22H23N5O. The Hall–Kier alpha value is -3.41. The largest absolute Gasteiger partial charge is 0.368 e.